The second-order valence-electron chi connectivity index (χ2n) is 5.51. The largest absolute Gasteiger partial charge is 0.467 e. The van der Waals surface area contributed by atoms with Crippen LogP contribution in [0.5, 0.6) is 0 Å². The van der Waals surface area contributed by atoms with Gasteiger partial charge in [-0.15, -0.1) is 11.3 Å². The Bertz CT molecular complexity index is 681. The molecule has 2 aromatic rings. The first kappa shape index (κ1) is 15.8. The van der Waals surface area contributed by atoms with Crippen molar-refractivity contribution >= 4 is 23.3 Å². The number of carbonyl (C=O) groups excluding carboxylic acids is 2. The number of thiophene rings is 1. The zero-order valence-corrected chi connectivity index (χ0v) is 13.7. The molecule has 1 aliphatic rings. The minimum atomic E-state index is -0.507. The van der Waals surface area contributed by atoms with Crippen molar-refractivity contribution in [2.24, 2.45) is 0 Å². The average molecular weight is 333 g/mol. The summed E-state index contributed by atoms with van der Waals surface area (Å²) in [7, 11) is 0. The van der Waals surface area contributed by atoms with Gasteiger partial charge in [0.25, 0.3) is 0 Å². The van der Waals surface area contributed by atoms with Crippen LogP contribution in [-0.2, 0) is 17.8 Å². The number of furan rings is 1. The first-order chi connectivity index (χ1) is 11.1. The van der Waals surface area contributed by atoms with Crippen molar-refractivity contribution in [1.29, 1.82) is 0 Å². The number of hydrogen-bond donors (Lipinski definition) is 2. The molecule has 2 N–H and O–H groups in total. The predicted molar refractivity (Wildman–Crippen MR) is 87.1 cm³/mol. The average Bonchev–Trinajstić information content (AvgIpc) is 3.19. The smallest absolute Gasteiger partial charge is 0.321 e. The molecule has 1 atom stereocenters. The summed E-state index contributed by atoms with van der Waals surface area (Å²) in [4.78, 5) is 27.3. The summed E-state index contributed by atoms with van der Waals surface area (Å²) in [6.07, 6.45) is 2.49. The number of rotatable bonds is 4. The lowest BCUT2D eigenvalue weighted by molar-refractivity contribution is -0.121. The van der Waals surface area contributed by atoms with E-state index in [0.717, 1.165) is 13.0 Å². The molecule has 0 bridgehead atoms. The molecule has 6 nitrogen and oxygen atoms in total. The summed E-state index contributed by atoms with van der Waals surface area (Å²) in [5.41, 5.74) is 1.29. The van der Waals surface area contributed by atoms with E-state index in [9.17, 15) is 9.59 Å². The zero-order chi connectivity index (χ0) is 16.2. The summed E-state index contributed by atoms with van der Waals surface area (Å²) in [6, 6.07) is 5.31. The molecular formula is C16H19N3O3S. The van der Waals surface area contributed by atoms with Gasteiger partial charge in [-0.1, -0.05) is 0 Å². The van der Waals surface area contributed by atoms with Crippen molar-refractivity contribution in [3.63, 3.8) is 0 Å². The van der Waals surface area contributed by atoms with Crippen LogP contribution in [0.1, 0.15) is 29.2 Å². The molecule has 3 heterocycles. The number of hydrogen-bond acceptors (Lipinski definition) is 5. The van der Waals surface area contributed by atoms with E-state index in [0.29, 0.717) is 5.76 Å². The monoisotopic (exact) mass is 333 g/mol. The maximum absolute atomic E-state index is 12.0. The number of fused-ring (bicyclic) bond motifs is 1. The van der Waals surface area contributed by atoms with Crippen molar-refractivity contribution in [1.82, 2.24) is 15.5 Å². The van der Waals surface area contributed by atoms with Crippen LogP contribution in [0.3, 0.4) is 0 Å². The quantitative estimate of drug-likeness (QED) is 0.900. The molecule has 0 saturated carbocycles. The third kappa shape index (κ3) is 3.80. The van der Waals surface area contributed by atoms with E-state index < -0.39 is 6.03 Å². The summed E-state index contributed by atoms with van der Waals surface area (Å²) in [5.74, 6) is 0.342. The van der Waals surface area contributed by atoms with Gasteiger partial charge in [0, 0.05) is 17.5 Å². The SMILES string of the molecule is C[C@H]1c2ccsc2CCN1CC(=O)NC(=O)NCc1ccco1. The van der Waals surface area contributed by atoms with Gasteiger partial charge >= 0.3 is 6.03 Å². The maximum Gasteiger partial charge on any atom is 0.321 e. The molecule has 23 heavy (non-hydrogen) atoms. The van der Waals surface area contributed by atoms with Gasteiger partial charge in [-0.2, -0.15) is 0 Å². The highest BCUT2D eigenvalue weighted by Crippen LogP contribution is 2.32. The minimum Gasteiger partial charge on any atom is -0.467 e. The van der Waals surface area contributed by atoms with E-state index in [-0.39, 0.29) is 25.0 Å². The van der Waals surface area contributed by atoms with Crippen LogP contribution >= 0.6 is 11.3 Å². The lowest BCUT2D eigenvalue weighted by atomic mass is 10.0. The molecule has 0 spiro atoms. The molecule has 0 fully saturated rings. The topological polar surface area (TPSA) is 74.6 Å². The third-order valence-corrected chi connectivity index (χ3v) is 5.00. The van der Waals surface area contributed by atoms with Gasteiger partial charge in [0.1, 0.15) is 5.76 Å². The number of amides is 3. The first-order valence-corrected chi connectivity index (χ1v) is 8.42. The van der Waals surface area contributed by atoms with Crippen molar-refractivity contribution < 1.29 is 14.0 Å². The summed E-state index contributed by atoms with van der Waals surface area (Å²) in [6.45, 7) is 3.39. The van der Waals surface area contributed by atoms with Crippen LogP contribution in [0.4, 0.5) is 4.79 Å². The Kier molecular flexibility index (Phi) is 4.78. The Morgan fingerprint density at radius 1 is 1.43 bits per heavy atom. The van der Waals surface area contributed by atoms with Gasteiger partial charge in [-0.05, 0) is 42.5 Å². The fraction of sp³-hybridized carbons (Fsp3) is 0.375. The van der Waals surface area contributed by atoms with Crippen LogP contribution in [0.2, 0.25) is 0 Å². The van der Waals surface area contributed by atoms with Crippen LogP contribution in [0.15, 0.2) is 34.3 Å². The standard InChI is InChI=1S/C16H19N3O3S/c1-11-13-5-8-23-14(13)4-6-19(11)10-15(20)18-16(21)17-9-12-3-2-7-22-12/h2-3,5,7-8,11H,4,6,9-10H2,1H3,(H2,17,18,20,21)/t11-/m0/s1. The van der Waals surface area contributed by atoms with Gasteiger partial charge in [0.2, 0.25) is 5.91 Å². The van der Waals surface area contributed by atoms with E-state index in [2.05, 4.69) is 33.9 Å². The van der Waals surface area contributed by atoms with E-state index in [1.807, 2.05) is 0 Å². The zero-order valence-electron chi connectivity index (χ0n) is 12.9. The third-order valence-electron chi connectivity index (χ3n) is 4.01. The van der Waals surface area contributed by atoms with Crippen molar-refractivity contribution in [2.75, 3.05) is 13.1 Å². The fourth-order valence-corrected chi connectivity index (χ4v) is 3.72. The Morgan fingerprint density at radius 3 is 3.09 bits per heavy atom. The van der Waals surface area contributed by atoms with Crippen molar-refractivity contribution in [2.45, 2.75) is 25.9 Å². The Labute approximate surface area is 138 Å². The normalized spacial score (nSPS) is 17.5. The van der Waals surface area contributed by atoms with Crippen LogP contribution in [0, 0.1) is 0 Å². The van der Waals surface area contributed by atoms with E-state index in [1.54, 1.807) is 23.5 Å². The highest BCUT2D eigenvalue weighted by molar-refractivity contribution is 7.10. The number of imide groups is 1. The van der Waals surface area contributed by atoms with Crippen molar-refractivity contribution in [3.05, 3.63) is 46.0 Å². The molecule has 7 heteroatoms. The number of nitrogens with one attached hydrogen (secondary N) is 2. The van der Waals surface area contributed by atoms with Crippen molar-refractivity contribution in [3.8, 4) is 0 Å². The van der Waals surface area contributed by atoms with E-state index in [1.165, 1.54) is 16.7 Å². The number of nitrogens with zero attached hydrogens (tertiary/aromatic N) is 1. The summed E-state index contributed by atoms with van der Waals surface area (Å²) in [5, 5.41) is 7.04. The molecule has 3 amide bonds. The Hall–Kier alpha value is -2.12. The number of carbonyl (C=O) groups is 2. The first-order valence-electron chi connectivity index (χ1n) is 7.54. The molecular weight excluding hydrogens is 314 g/mol. The van der Waals surface area contributed by atoms with Gasteiger partial charge in [0.15, 0.2) is 0 Å². The molecule has 0 unspecified atom stereocenters. The van der Waals surface area contributed by atoms with Gasteiger partial charge in [-0.25, -0.2) is 4.79 Å². The van der Waals surface area contributed by atoms with Crippen LogP contribution in [-0.4, -0.2) is 29.9 Å². The molecule has 0 saturated heterocycles. The fourth-order valence-electron chi connectivity index (χ4n) is 2.75. The number of urea groups is 1. The lowest BCUT2D eigenvalue weighted by Gasteiger charge is -2.32. The van der Waals surface area contributed by atoms with Crippen LogP contribution < -0.4 is 10.6 Å². The van der Waals surface area contributed by atoms with Crippen LogP contribution in [0.25, 0.3) is 0 Å². The molecule has 122 valence electrons. The van der Waals surface area contributed by atoms with Gasteiger partial charge in [0.05, 0.1) is 19.4 Å². The molecule has 2 aromatic heterocycles. The Balaban J connectivity index is 1.47. The minimum absolute atomic E-state index is 0.196. The summed E-state index contributed by atoms with van der Waals surface area (Å²) < 4.78 is 5.12. The highest BCUT2D eigenvalue weighted by atomic mass is 32.1. The van der Waals surface area contributed by atoms with E-state index >= 15 is 0 Å². The lowest BCUT2D eigenvalue weighted by Crippen LogP contribution is -2.46. The highest BCUT2D eigenvalue weighted by Gasteiger charge is 2.26. The Morgan fingerprint density at radius 2 is 2.30 bits per heavy atom. The summed E-state index contributed by atoms with van der Waals surface area (Å²) >= 11 is 1.77. The van der Waals surface area contributed by atoms with Gasteiger partial charge < -0.3 is 9.73 Å². The van der Waals surface area contributed by atoms with Gasteiger partial charge in [-0.3, -0.25) is 15.0 Å². The molecule has 0 radical (unpaired) electrons. The predicted octanol–water partition coefficient (Wildman–Crippen LogP) is 2.29. The molecule has 3 rings (SSSR count). The molecule has 0 aliphatic carbocycles. The second kappa shape index (κ2) is 6.97. The molecule has 0 aromatic carbocycles. The maximum atomic E-state index is 12.0. The second-order valence-corrected chi connectivity index (χ2v) is 6.51. The van der Waals surface area contributed by atoms with E-state index in [4.69, 9.17) is 4.42 Å². The molecule has 1 aliphatic heterocycles.